The number of pyridine rings is 1. The number of aromatic nitrogens is 1. The van der Waals surface area contributed by atoms with Gasteiger partial charge in [-0.1, -0.05) is 0 Å². The van der Waals surface area contributed by atoms with Crippen molar-refractivity contribution in [1.29, 1.82) is 0 Å². The van der Waals surface area contributed by atoms with Gasteiger partial charge in [0.15, 0.2) is 5.78 Å². The summed E-state index contributed by atoms with van der Waals surface area (Å²) in [6.07, 6.45) is 0. The van der Waals surface area contributed by atoms with E-state index in [9.17, 15) is 9.59 Å². The van der Waals surface area contributed by atoms with E-state index in [0.717, 1.165) is 0 Å². The summed E-state index contributed by atoms with van der Waals surface area (Å²) >= 11 is 0. The van der Waals surface area contributed by atoms with Crippen LogP contribution >= 0.6 is 0 Å². The van der Waals surface area contributed by atoms with Gasteiger partial charge in [0.05, 0.1) is 5.56 Å². The molecule has 0 fully saturated rings. The maximum absolute atomic E-state index is 10.8. The fourth-order valence-electron chi connectivity index (χ4n) is 0.798. The van der Waals surface area contributed by atoms with Gasteiger partial charge in [0.2, 0.25) is 5.56 Å². The molecule has 0 unspecified atom stereocenters. The predicted molar refractivity (Wildman–Crippen MR) is 41.5 cm³/mol. The van der Waals surface area contributed by atoms with E-state index in [0.29, 0.717) is 5.56 Å². The number of carbonyl (C=O) groups is 1. The van der Waals surface area contributed by atoms with Gasteiger partial charge in [-0.05, 0) is 13.0 Å². The number of aromatic amines is 1. The van der Waals surface area contributed by atoms with Gasteiger partial charge in [0.25, 0.3) is 0 Å². The minimum Gasteiger partial charge on any atom is -0.385 e. The second-order valence-corrected chi connectivity index (χ2v) is 2.21. The zero-order valence-electron chi connectivity index (χ0n) is 6.05. The molecule has 58 valence electrons. The number of hydrogen-bond donors (Lipinski definition) is 2. The van der Waals surface area contributed by atoms with E-state index in [-0.39, 0.29) is 17.2 Å². The zero-order chi connectivity index (χ0) is 8.43. The summed E-state index contributed by atoms with van der Waals surface area (Å²) in [5.41, 5.74) is 5.40. The Morgan fingerprint density at radius 1 is 1.55 bits per heavy atom. The molecule has 4 heteroatoms. The average Bonchev–Trinajstić information content (AvgIpc) is 1.85. The van der Waals surface area contributed by atoms with E-state index in [2.05, 4.69) is 4.98 Å². The Hall–Kier alpha value is -1.58. The molecule has 0 saturated carbocycles. The lowest BCUT2D eigenvalue weighted by Gasteiger charge is -1.97. The van der Waals surface area contributed by atoms with Crippen molar-refractivity contribution in [3.63, 3.8) is 0 Å². The monoisotopic (exact) mass is 152 g/mol. The predicted octanol–water partition coefficient (Wildman–Crippen LogP) is 0.160. The number of nitrogens with two attached hydrogens (primary N) is 1. The molecule has 0 radical (unpaired) electrons. The fraction of sp³-hybridized carbons (Fsp3) is 0.143. The first-order valence-electron chi connectivity index (χ1n) is 3.11. The van der Waals surface area contributed by atoms with E-state index in [1.54, 1.807) is 0 Å². The molecule has 0 aliphatic heterocycles. The second kappa shape index (κ2) is 2.57. The molecule has 0 aliphatic rings. The highest BCUT2D eigenvalue weighted by atomic mass is 16.1. The number of nitrogens with one attached hydrogen (secondary N) is 1. The normalized spacial score (nSPS) is 9.55. The third kappa shape index (κ3) is 1.46. The number of hydrogen-bond acceptors (Lipinski definition) is 3. The fourth-order valence-corrected chi connectivity index (χ4v) is 0.798. The van der Waals surface area contributed by atoms with Crippen molar-refractivity contribution in [2.75, 3.05) is 5.73 Å². The standard InChI is InChI=1S/C7H8N2O2/c1-4(10)5-2-3-6(11)9-7(5)8/h2-3H,1H3,(H3,8,9,11). The number of carbonyl (C=O) groups excluding carboxylic acids is 1. The van der Waals surface area contributed by atoms with Crippen LogP contribution < -0.4 is 11.3 Å². The molecular weight excluding hydrogens is 144 g/mol. The highest BCUT2D eigenvalue weighted by Gasteiger charge is 2.03. The molecule has 1 heterocycles. The molecule has 3 N–H and O–H groups in total. The van der Waals surface area contributed by atoms with Crippen LogP contribution in [0, 0.1) is 0 Å². The lowest BCUT2D eigenvalue weighted by molar-refractivity contribution is 0.101. The van der Waals surface area contributed by atoms with Gasteiger partial charge in [0.1, 0.15) is 5.82 Å². The van der Waals surface area contributed by atoms with Gasteiger partial charge < -0.3 is 10.7 Å². The smallest absolute Gasteiger partial charge is 0.249 e. The van der Waals surface area contributed by atoms with Crippen LogP contribution in [0.3, 0.4) is 0 Å². The SMILES string of the molecule is CC(=O)c1ccc(=O)[nH]c1N. The maximum atomic E-state index is 10.8. The van der Waals surface area contributed by atoms with Crippen LogP contribution in [-0.4, -0.2) is 10.8 Å². The summed E-state index contributed by atoms with van der Waals surface area (Å²) in [6, 6.07) is 2.68. The van der Waals surface area contributed by atoms with Crippen molar-refractivity contribution >= 4 is 11.6 Å². The molecule has 4 nitrogen and oxygen atoms in total. The molecule has 1 aromatic rings. The lowest BCUT2D eigenvalue weighted by atomic mass is 10.2. The van der Waals surface area contributed by atoms with Crippen LogP contribution in [0.4, 0.5) is 5.82 Å². The largest absolute Gasteiger partial charge is 0.385 e. The average molecular weight is 152 g/mol. The number of ketones is 1. The summed E-state index contributed by atoms with van der Waals surface area (Å²) in [6.45, 7) is 1.39. The Morgan fingerprint density at radius 3 is 2.64 bits per heavy atom. The molecule has 0 aliphatic carbocycles. The Bertz CT molecular complexity index is 341. The van der Waals surface area contributed by atoms with Gasteiger partial charge in [-0.2, -0.15) is 0 Å². The number of nitrogen functional groups attached to an aromatic ring is 1. The van der Waals surface area contributed by atoms with Crippen molar-refractivity contribution in [2.45, 2.75) is 6.92 Å². The van der Waals surface area contributed by atoms with E-state index < -0.39 is 0 Å². The van der Waals surface area contributed by atoms with Crippen molar-refractivity contribution in [3.8, 4) is 0 Å². The van der Waals surface area contributed by atoms with Gasteiger partial charge in [-0.15, -0.1) is 0 Å². The lowest BCUT2D eigenvalue weighted by Crippen LogP contribution is -2.11. The third-order valence-electron chi connectivity index (χ3n) is 1.33. The van der Waals surface area contributed by atoms with Crippen LogP contribution in [-0.2, 0) is 0 Å². The summed E-state index contributed by atoms with van der Waals surface area (Å²) in [4.78, 5) is 23.7. The molecule has 1 aromatic heterocycles. The molecule has 0 bridgehead atoms. The van der Waals surface area contributed by atoms with Crippen LogP contribution in [0.5, 0.6) is 0 Å². The van der Waals surface area contributed by atoms with Crippen LogP contribution in [0.2, 0.25) is 0 Å². The Labute approximate surface area is 63.0 Å². The van der Waals surface area contributed by atoms with Gasteiger partial charge in [-0.3, -0.25) is 9.59 Å². The van der Waals surface area contributed by atoms with Gasteiger partial charge >= 0.3 is 0 Å². The van der Waals surface area contributed by atoms with Gasteiger partial charge in [-0.25, -0.2) is 0 Å². The first-order chi connectivity index (χ1) is 5.11. The second-order valence-electron chi connectivity index (χ2n) is 2.21. The Morgan fingerprint density at radius 2 is 2.18 bits per heavy atom. The highest BCUT2D eigenvalue weighted by Crippen LogP contribution is 2.04. The van der Waals surface area contributed by atoms with E-state index in [4.69, 9.17) is 5.73 Å². The Balaban J connectivity index is 3.31. The molecule has 0 saturated heterocycles. The quantitative estimate of drug-likeness (QED) is 0.563. The minimum absolute atomic E-state index is 0.130. The third-order valence-corrected chi connectivity index (χ3v) is 1.33. The molecular formula is C7H8N2O2. The Kier molecular flexibility index (Phi) is 1.76. The summed E-state index contributed by atoms with van der Waals surface area (Å²) in [5.74, 6) is -0.0243. The van der Waals surface area contributed by atoms with Crippen LogP contribution in [0.1, 0.15) is 17.3 Å². The molecule has 0 spiro atoms. The number of H-pyrrole nitrogens is 1. The zero-order valence-corrected chi connectivity index (χ0v) is 6.05. The maximum Gasteiger partial charge on any atom is 0.249 e. The van der Waals surface area contributed by atoms with Crippen molar-refractivity contribution in [2.24, 2.45) is 0 Å². The van der Waals surface area contributed by atoms with Crippen molar-refractivity contribution < 1.29 is 4.79 Å². The van der Waals surface area contributed by atoms with Crippen molar-refractivity contribution in [1.82, 2.24) is 4.98 Å². The van der Waals surface area contributed by atoms with Crippen LogP contribution in [0.15, 0.2) is 16.9 Å². The number of anilines is 1. The summed E-state index contributed by atoms with van der Waals surface area (Å²) < 4.78 is 0. The van der Waals surface area contributed by atoms with Crippen LogP contribution in [0.25, 0.3) is 0 Å². The molecule has 0 aromatic carbocycles. The highest BCUT2D eigenvalue weighted by molar-refractivity contribution is 5.98. The first-order valence-corrected chi connectivity index (χ1v) is 3.11. The molecule has 1 rings (SSSR count). The van der Waals surface area contributed by atoms with Gasteiger partial charge in [0, 0.05) is 6.07 Å². The topological polar surface area (TPSA) is 76.0 Å². The summed E-state index contributed by atoms with van der Waals surface area (Å²) in [5, 5.41) is 0. The summed E-state index contributed by atoms with van der Waals surface area (Å²) in [7, 11) is 0. The molecule has 11 heavy (non-hydrogen) atoms. The molecule has 0 amide bonds. The van der Waals surface area contributed by atoms with E-state index in [1.165, 1.54) is 19.1 Å². The number of rotatable bonds is 1. The minimum atomic E-state index is -0.299. The van der Waals surface area contributed by atoms with E-state index in [1.807, 2.05) is 0 Å². The van der Waals surface area contributed by atoms with E-state index >= 15 is 0 Å². The number of Topliss-reactive ketones (excluding diaryl/α,β-unsaturated/α-hetero) is 1. The first kappa shape index (κ1) is 7.53. The molecule has 0 atom stereocenters. The van der Waals surface area contributed by atoms with Crippen molar-refractivity contribution in [3.05, 3.63) is 28.0 Å².